The molecule has 0 saturated carbocycles. The quantitative estimate of drug-likeness (QED) is 0.749. The van der Waals surface area contributed by atoms with E-state index >= 15 is 0 Å². The molecule has 0 heterocycles. The molecule has 0 amide bonds. The van der Waals surface area contributed by atoms with E-state index in [2.05, 4.69) is 18.7 Å². The molecular weight excluding hydrogens is 278 g/mol. The monoisotopic (exact) mass is 297 g/mol. The Bertz CT molecular complexity index is 470. The van der Waals surface area contributed by atoms with Crippen LogP contribution in [0.3, 0.4) is 0 Å². The standard InChI is InChI=1S/C15H20ClNO3/c1-3-17(4-2)9-10-20-14-7-5-12(11-13(14)16)6-8-15(18)19/h5-8,11H,3-4,9-10H2,1-2H3,(H,18,19). The van der Waals surface area contributed by atoms with E-state index in [-0.39, 0.29) is 0 Å². The van der Waals surface area contributed by atoms with Gasteiger partial charge in [-0.3, -0.25) is 0 Å². The lowest BCUT2D eigenvalue weighted by Crippen LogP contribution is -2.27. The first kappa shape index (κ1) is 16.5. The molecule has 0 aliphatic rings. The molecule has 1 aromatic carbocycles. The van der Waals surface area contributed by atoms with E-state index in [1.807, 2.05) is 0 Å². The number of rotatable bonds is 8. The summed E-state index contributed by atoms with van der Waals surface area (Å²) in [5, 5.41) is 9.05. The summed E-state index contributed by atoms with van der Waals surface area (Å²) in [5.41, 5.74) is 0.730. The molecule has 0 aliphatic heterocycles. The molecule has 4 nitrogen and oxygen atoms in total. The van der Waals surface area contributed by atoms with Crippen LogP contribution in [0.5, 0.6) is 5.75 Å². The zero-order chi connectivity index (χ0) is 15.0. The summed E-state index contributed by atoms with van der Waals surface area (Å²) in [6.45, 7) is 7.63. The van der Waals surface area contributed by atoms with Crippen LogP contribution in [0.25, 0.3) is 6.08 Å². The van der Waals surface area contributed by atoms with Crippen molar-refractivity contribution in [1.82, 2.24) is 4.90 Å². The molecule has 0 saturated heterocycles. The Hall–Kier alpha value is -1.52. The fourth-order valence-electron chi connectivity index (χ4n) is 1.73. The highest BCUT2D eigenvalue weighted by atomic mass is 35.5. The van der Waals surface area contributed by atoms with Gasteiger partial charge in [0.25, 0.3) is 0 Å². The van der Waals surface area contributed by atoms with Crippen molar-refractivity contribution < 1.29 is 14.6 Å². The summed E-state index contributed by atoms with van der Waals surface area (Å²) >= 11 is 6.11. The summed E-state index contributed by atoms with van der Waals surface area (Å²) in [6, 6.07) is 5.22. The number of benzene rings is 1. The second-order valence-electron chi connectivity index (χ2n) is 4.24. The number of ether oxygens (including phenoxy) is 1. The predicted octanol–water partition coefficient (Wildman–Crippen LogP) is 3.16. The van der Waals surface area contributed by atoms with Crippen LogP contribution in [0.1, 0.15) is 19.4 Å². The van der Waals surface area contributed by atoms with Crippen LogP contribution in [0.15, 0.2) is 24.3 Å². The lowest BCUT2D eigenvalue weighted by molar-refractivity contribution is -0.131. The molecule has 0 aromatic heterocycles. The van der Waals surface area contributed by atoms with Gasteiger partial charge >= 0.3 is 5.97 Å². The zero-order valence-corrected chi connectivity index (χ0v) is 12.6. The van der Waals surface area contributed by atoms with E-state index in [1.165, 1.54) is 6.08 Å². The molecule has 0 aliphatic carbocycles. The third-order valence-electron chi connectivity index (χ3n) is 2.93. The van der Waals surface area contributed by atoms with Gasteiger partial charge in [-0.1, -0.05) is 31.5 Å². The van der Waals surface area contributed by atoms with Gasteiger partial charge in [0, 0.05) is 12.6 Å². The Labute approximate surface area is 124 Å². The van der Waals surface area contributed by atoms with Crippen LogP contribution in [0.2, 0.25) is 5.02 Å². The van der Waals surface area contributed by atoms with Gasteiger partial charge < -0.3 is 14.7 Å². The first-order valence-electron chi connectivity index (χ1n) is 6.62. The molecule has 1 aromatic rings. The van der Waals surface area contributed by atoms with Crippen molar-refractivity contribution >= 4 is 23.6 Å². The first-order valence-corrected chi connectivity index (χ1v) is 7.00. The van der Waals surface area contributed by atoms with Crippen molar-refractivity contribution in [3.8, 4) is 5.75 Å². The Kier molecular flexibility index (Phi) is 7.12. The van der Waals surface area contributed by atoms with Crippen molar-refractivity contribution in [3.63, 3.8) is 0 Å². The maximum atomic E-state index is 10.4. The molecule has 1 rings (SSSR count). The van der Waals surface area contributed by atoms with Gasteiger partial charge in [0.05, 0.1) is 5.02 Å². The Morgan fingerprint density at radius 2 is 2.10 bits per heavy atom. The third kappa shape index (κ3) is 5.63. The summed E-state index contributed by atoms with van der Waals surface area (Å²) in [4.78, 5) is 12.7. The van der Waals surface area contributed by atoms with E-state index in [0.29, 0.717) is 17.4 Å². The summed E-state index contributed by atoms with van der Waals surface area (Å²) < 4.78 is 5.64. The average molecular weight is 298 g/mol. The summed E-state index contributed by atoms with van der Waals surface area (Å²) in [5.74, 6) is -0.369. The minimum atomic E-state index is -0.985. The number of carboxylic acid groups (broad SMARTS) is 1. The molecular formula is C15H20ClNO3. The number of halogens is 1. The van der Waals surface area contributed by atoms with Crippen LogP contribution in [-0.2, 0) is 4.79 Å². The van der Waals surface area contributed by atoms with Crippen LogP contribution in [0, 0.1) is 0 Å². The number of hydrogen-bond acceptors (Lipinski definition) is 3. The SMILES string of the molecule is CCN(CC)CCOc1ccc(C=CC(=O)O)cc1Cl. The summed E-state index contributed by atoms with van der Waals surface area (Å²) in [6.07, 6.45) is 2.57. The third-order valence-corrected chi connectivity index (χ3v) is 3.23. The second-order valence-corrected chi connectivity index (χ2v) is 4.64. The molecule has 0 bridgehead atoms. The van der Waals surface area contributed by atoms with Gasteiger partial charge in [-0.25, -0.2) is 4.79 Å². The highest BCUT2D eigenvalue weighted by Crippen LogP contribution is 2.25. The molecule has 110 valence electrons. The van der Waals surface area contributed by atoms with Gasteiger partial charge in [-0.05, 0) is 36.9 Å². The van der Waals surface area contributed by atoms with E-state index in [4.69, 9.17) is 21.4 Å². The van der Waals surface area contributed by atoms with Gasteiger partial charge in [-0.2, -0.15) is 0 Å². The number of hydrogen-bond donors (Lipinski definition) is 1. The highest BCUT2D eigenvalue weighted by Gasteiger charge is 2.04. The Morgan fingerprint density at radius 3 is 2.65 bits per heavy atom. The fourth-order valence-corrected chi connectivity index (χ4v) is 1.97. The molecule has 0 fully saturated rings. The van der Waals surface area contributed by atoms with E-state index < -0.39 is 5.97 Å². The number of aliphatic carboxylic acids is 1. The first-order chi connectivity index (χ1) is 9.56. The van der Waals surface area contributed by atoms with Gasteiger partial charge in [-0.15, -0.1) is 0 Å². The van der Waals surface area contributed by atoms with E-state index in [9.17, 15) is 4.79 Å². The van der Waals surface area contributed by atoms with Gasteiger partial charge in [0.15, 0.2) is 0 Å². The van der Waals surface area contributed by atoms with E-state index in [0.717, 1.165) is 31.3 Å². The summed E-state index contributed by atoms with van der Waals surface area (Å²) in [7, 11) is 0. The van der Waals surface area contributed by atoms with Crippen LogP contribution in [0.4, 0.5) is 0 Å². The molecule has 5 heteroatoms. The maximum absolute atomic E-state index is 10.4. The molecule has 1 N–H and O–H groups in total. The smallest absolute Gasteiger partial charge is 0.328 e. The topological polar surface area (TPSA) is 49.8 Å². The Morgan fingerprint density at radius 1 is 1.40 bits per heavy atom. The predicted molar refractivity (Wildman–Crippen MR) is 81.4 cm³/mol. The number of carboxylic acids is 1. The largest absolute Gasteiger partial charge is 0.491 e. The zero-order valence-electron chi connectivity index (χ0n) is 11.8. The minimum absolute atomic E-state index is 0.483. The van der Waals surface area contributed by atoms with Crippen molar-refractivity contribution in [2.75, 3.05) is 26.2 Å². The van der Waals surface area contributed by atoms with Crippen LogP contribution >= 0.6 is 11.6 Å². The highest BCUT2D eigenvalue weighted by molar-refractivity contribution is 6.32. The molecule has 0 atom stereocenters. The van der Waals surface area contributed by atoms with Crippen LogP contribution in [-0.4, -0.2) is 42.2 Å². The molecule has 20 heavy (non-hydrogen) atoms. The van der Waals surface area contributed by atoms with Crippen molar-refractivity contribution in [2.45, 2.75) is 13.8 Å². The minimum Gasteiger partial charge on any atom is -0.491 e. The van der Waals surface area contributed by atoms with Crippen LogP contribution < -0.4 is 4.74 Å². The maximum Gasteiger partial charge on any atom is 0.328 e. The number of likely N-dealkylation sites (N-methyl/N-ethyl adjacent to an activating group) is 1. The average Bonchev–Trinajstić information content (AvgIpc) is 2.43. The Balaban J connectivity index is 2.58. The van der Waals surface area contributed by atoms with Crippen molar-refractivity contribution in [3.05, 3.63) is 34.9 Å². The second kappa shape index (κ2) is 8.61. The van der Waals surface area contributed by atoms with E-state index in [1.54, 1.807) is 18.2 Å². The molecule has 0 spiro atoms. The van der Waals surface area contributed by atoms with Crippen molar-refractivity contribution in [2.24, 2.45) is 0 Å². The van der Waals surface area contributed by atoms with Gasteiger partial charge in [0.2, 0.25) is 0 Å². The normalized spacial score (nSPS) is 11.2. The molecule has 0 radical (unpaired) electrons. The lowest BCUT2D eigenvalue weighted by Gasteiger charge is -2.18. The van der Waals surface area contributed by atoms with Crippen molar-refractivity contribution in [1.29, 1.82) is 0 Å². The lowest BCUT2D eigenvalue weighted by atomic mass is 10.2. The number of nitrogens with zero attached hydrogens (tertiary/aromatic N) is 1. The van der Waals surface area contributed by atoms with Gasteiger partial charge in [0.1, 0.15) is 12.4 Å². The fraction of sp³-hybridized carbons (Fsp3) is 0.400. The molecule has 0 unspecified atom stereocenters. The number of carbonyl (C=O) groups is 1.